The van der Waals surface area contributed by atoms with Gasteiger partial charge in [-0.1, -0.05) is 20.8 Å². The van der Waals surface area contributed by atoms with Gasteiger partial charge in [-0.15, -0.1) is 3.90 Å². The zero-order valence-electron chi connectivity index (χ0n) is 10.6. The molecule has 0 spiro atoms. The standard InChI is InChI=1S/C12H14N4OS/c1-11(2)6-4-5-12(11,3)8-7(6)15-16-9(13-8)14-10(17)18-16/h6H,4-5H2,1-3H3/t6-,12+/m1/s1. The summed E-state index contributed by atoms with van der Waals surface area (Å²) in [5, 5.41) is 4.61. The van der Waals surface area contributed by atoms with E-state index < -0.39 is 0 Å². The molecule has 2 aliphatic carbocycles. The van der Waals surface area contributed by atoms with Gasteiger partial charge in [0, 0.05) is 22.9 Å². The van der Waals surface area contributed by atoms with Gasteiger partial charge in [-0.05, 0) is 18.3 Å². The quantitative estimate of drug-likeness (QED) is 0.725. The maximum absolute atomic E-state index is 11.3. The minimum atomic E-state index is -0.226. The average Bonchev–Trinajstić information content (AvgIpc) is 2.80. The predicted octanol–water partition coefficient (Wildman–Crippen LogP) is 1.72. The third-order valence-corrected chi connectivity index (χ3v) is 5.92. The van der Waals surface area contributed by atoms with Crippen molar-refractivity contribution in [3.8, 4) is 0 Å². The van der Waals surface area contributed by atoms with E-state index in [1.54, 1.807) is 3.90 Å². The Hall–Kier alpha value is -1.30. The lowest BCUT2D eigenvalue weighted by molar-refractivity contribution is 0.227. The van der Waals surface area contributed by atoms with Crippen molar-refractivity contribution in [2.75, 3.05) is 0 Å². The van der Waals surface area contributed by atoms with Crippen LogP contribution in [0.3, 0.4) is 0 Å². The Labute approximate surface area is 108 Å². The molecular weight excluding hydrogens is 248 g/mol. The first kappa shape index (κ1) is 10.6. The molecule has 4 rings (SSSR count). The van der Waals surface area contributed by atoms with Crippen LogP contribution in [0, 0.1) is 5.41 Å². The number of hydrogen-bond acceptors (Lipinski definition) is 5. The van der Waals surface area contributed by atoms with Crippen LogP contribution in [0.1, 0.15) is 50.9 Å². The second kappa shape index (κ2) is 2.82. The summed E-state index contributed by atoms with van der Waals surface area (Å²) >= 11 is 1.02. The molecule has 1 saturated carbocycles. The van der Waals surface area contributed by atoms with Crippen molar-refractivity contribution >= 4 is 17.3 Å². The Kier molecular flexibility index (Phi) is 1.66. The van der Waals surface area contributed by atoms with Crippen molar-refractivity contribution in [3.63, 3.8) is 0 Å². The summed E-state index contributed by atoms with van der Waals surface area (Å²) in [6.45, 7) is 6.88. The van der Waals surface area contributed by atoms with Crippen LogP contribution in [0.5, 0.6) is 0 Å². The van der Waals surface area contributed by atoms with Crippen molar-refractivity contribution in [2.24, 2.45) is 5.41 Å². The smallest absolute Gasteiger partial charge is 0.253 e. The maximum Gasteiger partial charge on any atom is 0.347 e. The molecule has 1 fully saturated rings. The SMILES string of the molecule is CC1(C)[C@@H]2CC[C@@]1(C)c1nc3nc(=O)sn3nc12. The Bertz CT molecular complexity index is 731. The van der Waals surface area contributed by atoms with Gasteiger partial charge in [-0.3, -0.25) is 4.79 Å². The summed E-state index contributed by atoms with van der Waals surface area (Å²) < 4.78 is 1.57. The molecule has 18 heavy (non-hydrogen) atoms. The Morgan fingerprint density at radius 2 is 2.11 bits per heavy atom. The van der Waals surface area contributed by atoms with E-state index in [9.17, 15) is 4.79 Å². The summed E-state index contributed by atoms with van der Waals surface area (Å²) in [5.74, 6) is 0.910. The molecule has 0 amide bonds. The second-order valence-electron chi connectivity index (χ2n) is 6.13. The fraction of sp³-hybridized carbons (Fsp3) is 0.667. The van der Waals surface area contributed by atoms with E-state index in [-0.39, 0.29) is 15.7 Å². The molecule has 0 unspecified atom stereocenters. The van der Waals surface area contributed by atoms with E-state index >= 15 is 0 Å². The van der Waals surface area contributed by atoms with Crippen molar-refractivity contribution in [1.82, 2.24) is 19.0 Å². The minimum absolute atomic E-state index is 0.0708. The van der Waals surface area contributed by atoms with E-state index in [2.05, 4.69) is 35.8 Å². The van der Waals surface area contributed by atoms with Crippen LogP contribution in [0.2, 0.25) is 0 Å². The highest BCUT2D eigenvalue weighted by Gasteiger charge is 2.61. The van der Waals surface area contributed by atoms with Gasteiger partial charge < -0.3 is 0 Å². The minimum Gasteiger partial charge on any atom is -0.253 e. The summed E-state index contributed by atoms with van der Waals surface area (Å²) in [4.78, 5) is 19.6. The molecule has 0 aliphatic heterocycles. The Balaban J connectivity index is 2.10. The highest BCUT2D eigenvalue weighted by atomic mass is 32.1. The fourth-order valence-electron chi connectivity index (χ4n) is 3.74. The molecule has 2 atom stereocenters. The molecule has 2 heterocycles. The van der Waals surface area contributed by atoms with Gasteiger partial charge in [0.05, 0.1) is 11.4 Å². The van der Waals surface area contributed by atoms with E-state index in [0.29, 0.717) is 11.7 Å². The average molecular weight is 262 g/mol. The van der Waals surface area contributed by atoms with Crippen LogP contribution in [0.15, 0.2) is 4.79 Å². The van der Waals surface area contributed by atoms with Crippen LogP contribution in [-0.2, 0) is 5.41 Å². The third-order valence-electron chi connectivity index (χ3n) is 5.26. The van der Waals surface area contributed by atoms with E-state index in [1.165, 1.54) is 6.42 Å². The summed E-state index contributed by atoms with van der Waals surface area (Å²) in [6.07, 6.45) is 2.32. The third kappa shape index (κ3) is 0.957. The summed E-state index contributed by atoms with van der Waals surface area (Å²) in [5.41, 5.74) is 2.41. The highest BCUT2D eigenvalue weighted by Crippen LogP contribution is 2.66. The molecule has 6 heteroatoms. The van der Waals surface area contributed by atoms with Gasteiger partial charge >= 0.3 is 4.87 Å². The fourth-order valence-corrected chi connectivity index (χ4v) is 4.30. The lowest BCUT2D eigenvalue weighted by atomic mass is 9.70. The zero-order valence-corrected chi connectivity index (χ0v) is 11.4. The van der Waals surface area contributed by atoms with Gasteiger partial charge in [0.15, 0.2) is 0 Å². The monoisotopic (exact) mass is 262 g/mol. The largest absolute Gasteiger partial charge is 0.347 e. The molecule has 2 bridgehead atoms. The molecule has 0 N–H and O–H groups in total. The van der Waals surface area contributed by atoms with Gasteiger partial charge in [-0.25, -0.2) is 4.98 Å². The van der Waals surface area contributed by atoms with Crippen LogP contribution < -0.4 is 4.87 Å². The van der Waals surface area contributed by atoms with Gasteiger partial charge in [0.1, 0.15) is 0 Å². The Morgan fingerprint density at radius 1 is 1.33 bits per heavy atom. The normalized spacial score (nSPS) is 32.1. The second-order valence-corrected chi connectivity index (χ2v) is 7.01. The van der Waals surface area contributed by atoms with Crippen molar-refractivity contribution in [1.29, 1.82) is 0 Å². The zero-order chi connectivity index (χ0) is 12.7. The molecule has 2 aromatic rings. The maximum atomic E-state index is 11.3. The summed E-state index contributed by atoms with van der Waals surface area (Å²) in [6, 6.07) is 0. The molecule has 0 aromatic carbocycles. The van der Waals surface area contributed by atoms with E-state index in [4.69, 9.17) is 0 Å². The van der Waals surface area contributed by atoms with Crippen molar-refractivity contribution in [2.45, 2.75) is 44.9 Å². The first-order valence-electron chi connectivity index (χ1n) is 6.22. The number of aromatic nitrogens is 4. The molecule has 0 saturated heterocycles. The first-order chi connectivity index (χ1) is 8.43. The molecule has 94 valence electrons. The number of fused-ring (bicyclic) bond motifs is 6. The van der Waals surface area contributed by atoms with Gasteiger partial charge in [-0.2, -0.15) is 10.1 Å². The van der Waals surface area contributed by atoms with Gasteiger partial charge in [0.2, 0.25) is 0 Å². The molecule has 2 aliphatic rings. The van der Waals surface area contributed by atoms with E-state index in [0.717, 1.165) is 29.3 Å². The predicted molar refractivity (Wildman–Crippen MR) is 68.0 cm³/mol. The topological polar surface area (TPSA) is 60.2 Å². The first-order valence-corrected chi connectivity index (χ1v) is 7.00. The lowest BCUT2D eigenvalue weighted by Gasteiger charge is -2.33. The van der Waals surface area contributed by atoms with E-state index in [1.807, 2.05) is 0 Å². The highest BCUT2D eigenvalue weighted by molar-refractivity contribution is 7.03. The number of nitrogens with zero attached hydrogens (tertiary/aromatic N) is 4. The molecular formula is C12H14N4OS. The van der Waals surface area contributed by atoms with Crippen LogP contribution in [0.25, 0.3) is 5.78 Å². The number of hydrogen-bond donors (Lipinski definition) is 0. The van der Waals surface area contributed by atoms with Gasteiger partial charge in [0.25, 0.3) is 5.78 Å². The van der Waals surface area contributed by atoms with Crippen LogP contribution in [-0.4, -0.2) is 19.0 Å². The van der Waals surface area contributed by atoms with Crippen LogP contribution in [0.4, 0.5) is 0 Å². The molecule has 2 aromatic heterocycles. The Morgan fingerprint density at radius 3 is 2.89 bits per heavy atom. The lowest BCUT2D eigenvalue weighted by Crippen LogP contribution is -2.32. The van der Waals surface area contributed by atoms with Crippen molar-refractivity contribution < 1.29 is 0 Å². The van der Waals surface area contributed by atoms with Crippen molar-refractivity contribution in [3.05, 3.63) is 21.1 Å². The van der Waals surface area contributed by atoms with Crippen LogP contribution >= 0.6 is 11.5 Å². The summed E-state index contributed by atoms with van der Waals surface area (Å²) in [7, 11) is 0. The number of rotatable bonds is 0. The molecule has 0 radical (unpaired) electrons. The molecule has 5 nitrogen and oxygen atoms in total.